The molecule has 0 aliphatic carbocycles. The topological polar surface area (TPSA) is 59.1 Å². The van der Waals surface area contributed by atoms with Gasteiger partial charge in [-0.1, -0.05) is 0 Å². The van der Waals surface area contributed by atoms with Gasteiger partial charge in [-0.05, 0) is 20.8 Å². The molecule has 1 saturated heterocycles. The molecule has 0 aromatic heterocycles. The van der Waals surface area contributed by atoms with Crippen molar-refractivity contribution in [3.05, 3.63) is 0 Å². The van der Waals surface area contributed by atoms with Gasteiger partial charge in [-0.15, -0.1) is 0 Å². The van der Waals surface area contributed by atoms with Crippen molar-refractivity contribution in [2.45, 2.75) is 51.2 Å². The first-order valence-electron chi connectivity index (χ1n) is 6.63. The highest BCUT2D eigenvalue weighted by Crippen LogP contribution is 2.34. The summed E-state index contributed by atoms with van der Waals surface area (Å²) < 4.78 is 32.2. The zero-order valence-corrected chi connectivity index (χ0v) is 13.0. The number of amides is 2. The number of halogens is 2. The Hall–Kier alpha value is -1.44. The lowest BCUT2D eigenvalue weighted by Crippen LogP contribution is -2.42. The molecule has 21 heavy (non-hydrogen) atoms. The van der Waals surface area contributed by atoms with Gasteiger partial charge >= 0.3 is 6.09 Å². The molecule has 1 atom stereocenters. The number of likely N-dealkylation sites (tertiary alicyclic amines) is 1. The van der Waals surface area contributed by atoms with E-state index < -0.39 is 42.5 Å². The van der Waals surface area contributed by atoms with Crippen molar-refractivity contribution in [1.82, 2.24) is 9.96 Å². The maximum Gasteiger partial charge on any atom is 0.410 e. The van der Waals surface area contributed by atoms with Crippen molar-refractivity contribution in [3.8, 4) is 0 Å². The minimum atomic E-state index is -3.02. The van der Waals surface area contributed by atoms with E-state index in [4.69, 9.17) is 9.57 Å². The van der Waals surface area contributed by atoms with Crippen LogP contribution in [0.3, 0.4) is 0 Å². The Morgan fingerprint density at radius 3 is 2.43 bits per heavy atom. The Morgan fingerprint density at radius 1 is 1.38 bits per heavy atom. The van der Waals surface area contributed by atoms with Crippen LogP contribution in [0.15, 0.2) is 0 Å². The van der Waals surface area contributed by atoms with Gasteiger partial charge in [0, 0.05) is 25.9 Å². The number of rotatable bonds is 3. The molecule has 1 fully saturated rings. The van der Waals surface area contributed by atoms with Crippen molar-refractivity contribution in [1.29, 1.82) is 0 Å². The molecule has 122 valence electrons. The quantitative estimate of drug-likeness (QED) is 0.749. The van der Waals surface area contributed by atoms with E-state index in [9.17, 15) is 18.4 Å². The van der Waals surface area contributed by atoms with E-state index in [2.05, 4.69) is 0 Å². The van der Waals surface area contributed by atoms with Gasteiger partial charge < -0.3 is 4.74 Å². The largest absolute Gasteiger partial charge is 0.444 e. The van der Waals surface area contributed by atoms with Crippen molar-refractivity contribution < 1.29 is 27.9 Å². The summed E-state index contributed by atoms with van der Waals surface area (Å²) in [6.07, 6.45) is -1.63. The van der Waals surface area contributed by atoms with E-state index in [0.29, 0.717) is 0 Å². The standard InChI is InChI=1S/C13H22F2N2O4/c1-12(2,3)21-11(19)17-8-13(14,15)7-9(17)6-10(18)16(4)20-5/h9H,6-8H2,1-5H3/t9-/m1/s1. The first-order chi connectivity index (χ1) is 9.45. The number of hydroxylamine groups is 2. The van der Waals surface area contributed by atoms with Crippen LogP contribution in [0.2, 0.25) is 0 Å². The lowest BCUT2D eigenvalue weighted by Gasteiger charge is -2.28. The zero-order chi connectivity index (χ0) is 16.4. The predicted molar refractivity (Wildman–Crippen MR) is 70.7 cm³/mol. The third kappa shape index (κ3) is 5.11. The highest BCUT2D eigenvalue weighted by molar-refractivity contribution is 5.77. The van der Waals surface area contributed by atoms with Crippen LogP contribution >= 0.6 is 0 Å². The summed E-state index contributed by atoms with van der Waals surface area (Å²) in [6.45, 7) is 4.21. The Labute approximate surface area is 122 Å². The summed E-state index contributed by atoms with van der Waals surface area (Å²) in [7, 11) is 2.68. The second-order valence-electron chi connectivity index (χ2n) is 6.10. The summed E-state index contributed by atoms with van der Waals surface area (Å²) in [6, 6.07) is -0.903. The Balaban J connectivity index is 2.79. The van der Waals surface area contributed by atoms with Crippen LogP contribution in [-0.4, -0.2) is 60.2 Å². The lowest BCUT2D eigenvalue weighted by molar-refractivity contribution is -0.169. The molecule has 1 aliphatic heterocycles. The minimum absolute atomic E-state index is 0.237. The Bertz CT molecular complexity index is 409. The molecule has 0 aromatic carbocycles. The van der Waals surface area contributed by atoms with Crippen LogP contribution in [0.1, 0.15) is 33.6 Å². The number of ether oxygens (including phenoxy) is 1. The SMILES string of the molecule is CON(C)C(=O)C[C@@H]1CC(F)(F)CN1C(=O)OC(C)(C)C. The lowest BCUT2D eigenvalue weighted by atomic mass is 10.1. The normalized spacial score (nSPS) is 21.3. The van der Waals surface area contributed by atoms with Crippen LogP contribution < -0.4 is 0 Å². The maximum atomic E-state index is 13.6. The summed E-state index contributed by atoms with van der Waals surface area (Å²) in [5.41, 5.74) is -0.785. The van der Waals surface area contributed by atoms with E-state index in [1.165, 1.54) is 14.2 Å². The second-order valence-corrected chi connectivity index (χ2v) is 6.10. The molecule has 2 amide bonds. The van der Waals surface area contributed by atoms with Gasteiger partial charge in [0.1, 0.15) is 5.60 Å². The number of alkyl halides is 2. The number of nitrogens with zero attached hydrogens (tertiary/aromatic N) is 2. The van der Waals surface area contributed by atoms with Gasteiger partial charge in [0.05, 0.1) is 13.7 Å². The molecule has 1 heterocycles. The number of hydrogen-bond donors (Lipinski definition) is 0. The summed E-state index contributed by atoms with van der Waals surface area (Å²) >= 11 is 0. The van der Waals surface area contributed by atoms with Gasteiger partial charge in [0.2, 0.25) is 5.91 Å². The molecule has 0 radical (unpaired) electrons. The van der Waals surface area contributed by atoms with Crippen LogP contribution in [0.4, 0.5) is 13.6 Å². The highest BCUT2D eigenvalue weighted by atomic mass is 19.3. The van der Waals surface area contributed by atoms with Gasteiger partial charge in [0.15, 0.2) is 0 Å². The fourth-order valence-corrected chi connectivity index (χ4v) is 2.05. The first-order valence-corrected chi connectivity index (χ1v) is 6.63. The van der Waals surface area contributed by atoms with E-state index in [-0.39, 0.29) is 6.42 Å². The van der Waals surface area contributed by atoms with Gasteiger partial charge in [-0.2, -0.15) is 0 Å². The molecule has 0 unspecified atom stereocenters. The van der Waals surface area contributed by atoms with Crippen molar-refractivity contribution >= 4 is 12.0 Å². The third-order valence-electron chi connectivity index (χ3n) is 3.04. The van der Waals surface area contributed by atoms with Crippen molar-refractivity contribution in [2.75, 3.05) is 20.7 Å². The molecular formula is C13H22F2N2O4. The fraction of sp³-hybridized carbons (Fsp3) is 0.846. The molecule has 1 aliphatic rings. The van der Waals surface area contributed by atoms with Crippen molar-refractivity contribution in [3.63, 3.8) is 0 Å². The molecule has 0 spiro atoms. The van der Waals surface area contributed by atoms with Gasteiger partial charge in [-0.3, -0.25) is 14.5 Å². The molecule has 0 aromatic rings. The first kappa shape index (κ1) is 17.6. The van der Waals surface area contributed by atoms with Gasteiger partial charge in [0.25, 0.3) is 5.92 Å². The Morgan fingerprint density at radius 2 is 1.95 bits per heavy atom. The minimum Gasteiger partial charge on any atom is -0.444 e. The summed E-state index contributed by atoms with van der Waals surface area (Å²) in [5, 5.41) is 0.948. The number of hydrogen-bond acceptors (Lipinski definition) is 4. The van der Waals surface area contributed by atoms with E-state index >= 15 is 0 Å². The van der Waals surface area contributed by atoms with Crippen LogP contribution in [0.25, 0.3) is 0 Å². The van der Waals surface area contributed by atoms with Gasteiger partial charge in [-0.25, -0.2) is 18.6 Å². The zero-order valence-electron chi connectivity index (χ0n) is 13.0. The third-order valence-corrected chi connectivity index (χ3v) is 3.04. The van der Waals surface area contributed by atoms with Crippen LogP contribution in [0, 0.1) is 0 Å². The smallest absolute Gasteiger partial charge is 0.410 e. The molecule has 8 heteroatoms. The van der Waals surface area contributed by atoms with Crippen LogP contribution in [-0.2, 0) is 14.4 Å². The monoisotopic (exact) mass is 308 g/mol. The second kappa shape index (κ2) is 6.13. The number of carbonyl (C=O) groups excluding carboxylic acids is 2. The average molecular weight is 308 g/mol. The molecule has 0 saturated carbocycles. The predicted octanol–water partition coefficient (Wildman–Crippen LogP) is 2.04. The molecule has 0 N–H and O–H groups in total. The summed E-state index contributed by atoms with van der Waals surface area (Å²) in [4.78, 5) is 29.4. The Kier molecular flexibility index (Phi) is 5.14. The molecule has 1 rings (SSSR count). The fourth-order valence-electron chi connectivity index (χ4n) is 2.05. The molecular weight excluding hydrogens is 286 g/mol. The van der Waals surface area contributed by atoms with E-state index in [1.807, 2.05) is 0 Å². The molecule has 0 bridgehead atoms. The highest BCUT2D eigenvalue weighted by Gasteiger charge is 2.48. The molecule has 6 nitrogen and oxygen atoms in total. The van der Waals surface area contributed by atoms with E-state index in [1.54, 1.807) is 20.8 Å². The summed E-state index contributed by atoms with van der Waals surface area (Å²) in [5.74, 6) is -3.50. The van der Waals surface area contributed by atoms with Crippen molar-refractivity contribution in [2.24, 2.45) is 0 Å². The van der Waals surface area contributed by atoms with E-state index in [0.717, 1.165) is 9.96 Å². The maximum absolute atomic E-state index is 13.6. The number of carbonyl (C=O) groups is 2. The van der Waals surface area contributed by atoms with Crippen LogP contribution in [0.5, 0.6) is 0 Å². The average Bonchev–Trinajstić information content (AvgIpc) is 2.61.